The van der Waals surface area contributed by atoms with Gasteiger partial charge in [-0.1, -0.05) is 6.42 Å². The van der Waals surface area contributed by atoms with Crippen LogP contribution in [0.3, 0.4) is 0 Å². The smallest absolute Gasteiger partial charge is 0.231 e. The topological polar surface area (TPSA) is 244 Å². The number of hydrogen-bond donors (Lipinski definition) is 9. The van der Waals surface area contributed by atoms with Gasteiger partial charge in [-0.15, -0.1) is 0 Å². The summed E-state index contributed by atoms with van der Waals surface area (Å²) in [5.74, 6) is 6.36. The maximum absolute atomic E-state index is 5.38. The van der Waals surface area contributed by atoms with E-state index in [1.54, 1.807) is 0 Å². The Bertz CT molecular complexity index is 3010. The third-order valence-electron chi connectivity index (χ3n) is 23.0. The average molecular weight is 1420 g/mol. The quantitative estimate of drug-likeness (QED) is 0.0339. The normalized spacial score (nSPS) is 24.6. The maximum atomic E-state index is 5.38. The monoisotopic (exact) mass is 1420 g/mol. The van der Waals surface area contributed by atoms with Crippen molar-refractivity contribution in [1.29, 1.82) is 0 Å². The summed E-state index contributed by atoms with van der Waals surface area (Å²) in [6.45, 7) is 57.6. The lowest BCUT2D eigenvalue weighted by molar-refractivity contribution is 0.159. The van der Waals surface area contributed by atoms with E-state index in [-0.39, 0.29) is 109 Å². The maximum Gasteiger partial charge on any atom is 0.231 e. The number of unbranched alkanes of at least 4 members (excludes halogenated alkanes) is 1. The van der Waals surface area contributed by atoms with Crippen molar-refractivity contribution < 1.29 is 0 Å². The zero-order valence-electron chi connectivity index (χ0n) is 69.9. The zero-order valence-corrected chi connectivity index (χ0v) is 69.9. The summed E-state index contributed by atoms with van der Waals surface area (Å²) in [6, 6.07) is 1.41. The molecule has 9 heterocycles. The SMILES string of the molecule is CN(c1nc(NCCCCC(CCCNc2nc(N(C)C3CC(C)(C)NC(C)(C)C3)nc(N(C)C3CC(C)(C)NC(C)(C)C3)n2)CNc2nc(N(C)C3CC(C)(C)NC(C)(C)C3)nc(N(C)C3CC(C)(C)NC(C)(C)C3)n2)nc(N(C)C2CC(C)(C)NC(C)(C)C2)n1)C1CC(C)(C)NC(C)(C)C1. The van der Waals surface area contributed by atoms with E-state index in [4.69, 9.17) is 44.9 Å². The van der Waals surface area contributed by atoms with Crippen LogP contribution in [0.4, 0.5) is 53.5 Å². The van der Waals surface area contributed by atoms with Gasteiger partial charge in [0, 0.05) is 165 Å². The van der Waals surface area contributed by atoms with Gasteiger partial charge in [0.1, 0.15) is 0 Å². The minimum absolute atomic E-state index is 0.0414. The first-order valence-corrected chi connectivity index (χ1v) is 39.3. The summed E-state index contributed by atoms with van der Waals surface area (Å²) in [7, 11) is 13.1. The van der Waals surface area contributed by atoms with Crippen molar-refractivity contribution in [2.75, 3.05) is 107 Å². The van der Waals surface area contributed by atoms with Gasteiger partial charge < -0.3 is 77.3 Å². The summed E-state index contributed by atoms with van der Waals surface area (Å²) >= 11 is 0. The number of anilines is 9. The van der Waals surface area contributed by atoms with E-state index >= 15 is 0 Å². The van der Waals surface area contributed by atoms with Crippen LogP contribution in [0, 0.1) is 5.92 Å². The largest absolute Gasteiger partial charge is 0.354 e. The molecule has 0 bridgehead atoms. The Kier molecular flexibility index (Phi) is 23.5. The third kappa shape index (κ3) is 22.1. The van der Waals surface area contributed by atoms with Crippen LogP contribution < -0.4 is 77.3 Å². The van der Waals surface area contributed by atoms with Gasteiger partial charge in [-0.3, -0.25) is 0 Å². The minimum atomic E-state index is -0.0584. The number of rotatable bonds is 26. The molecule has 24 heteroatoms. The van der Waals surface area contributed by atoms with Crippen LogP contribution in [-0.2, 0) is 0 Å². The fraction of sp³-hybridized carbons (Fsp3) is 0.885. The highest BCUT2D eigenvalue weighted by molar-refractivity contribution is 5.50. The van der Waals surface area contributed by atoms with Gasteiger partial charge in [0.25, 0.3) is 0 Å². The Morgan fingerprint density at radius 3 is 0.647 bits per heavy atom. The molecule has 6 saturated heterocycles. The molecule has 6 aliphatic rings. The number of hydrogen-bond acceptors (Lipinski definition) is 24. The van der Waals surface area contributed by atoms with Gasteiger partial charge in [-0.05, 0) is 275 Å². The van der Waals surface area contributed by atoms with E-state index < -0.39 is 0 Å². The Morgan fingerprint density at radius 2 is 0.441 bits per heavy atom. The second-order valence-electron chi connectivity index (χ2n) is 40.9. The molecule has 6 fully saturated rings. The molecule has 578 valence electrons. The van der Waals surface area contributed by atoms with Crippen molar-refractivity contribution in [3.05, 3.63) is 0 Å². The first kappa shape index (κ1) is 81.1. The fourth-order valence-electron chi connectivity index (χ4n) is 20.4. The molecule has 0 amide bonds. The van der Waals surface area contributed by atoms with Crippen LogP contribution >= 0.6 is 0 Å². The van der Waals surface area contributed by atoms with Gasteiger partial charge in [0.15, 0.2) is 0 Å². The van der Waals surface area contributed by atoms with Crippen molar-refractivity contribution in [2.45, 2.75) is 378 Å². The lowest BCUT2D eigenvalue weighted by atomic mass is 9.79. The van der Waals surface area contributed by atoms with Crippen molar-refractivity contribution in [3.8, 4) is 0 Å². The molecule has 9 rings (SSSR count). The molecule has 1 atom stereocenters. The van der Waals surface area contributed by atoms with Crippen LogP contribution in [0.5, 0.6) is 0 Å². The highest BCUT2D eigenvalue weighted by Crippen LogP contribution is 2.41. The van der Waals surface area contributed by atoms with Gasteiger partial charge in [-0.25, -0.2) is 0 Å². The molecule has 0 saturated carbocycles. The van der Waals surface area contributed by atoms with Crippen molar-refractivity contribution in [1.82, 2.24) is 76.8 Å². The minimum Gasteiger partial charge on any atom is -0.354 e. The molecule has 0 aliphatic carbocycles. The van der Waals surface area contributed by atoms with Crippen LogP contribution in [-0.4, -0.2) is 209 Å². The Hall–Kier alpha value is -5.01. The van der Waals surface area contributed by atoms with E-state index in [1.165, 1.54) is 0 Å². The Balaban J connectivity index is 0.991. The third-order valence-corrected chi connectivity index (χ3v) is 23.0. The summed E-state index contributed by atoms with van der Waals surface area (Å²) in [5, 5.41) is 34.8. The van der Waals surface area contributed by atoms with E-state index in [2.05, 4.69) is 286 Å². The standard InChI is InChI=1S/C78H146N24/c1-67(2)38-52(39-68(3,4)91-67)97(25)61-82-58(83-62(88-61)98(26)53-40-69(5,6)92-70(7,8)41-53)79-36-32-31-34-51(50-81-60-86-65(101(29)56-46-75(17,18)95-76(19,20)47-56)90-66(87-60)102(30)57-48-77(21,22)96-78(23,24)49-57)35-33-37-80-59-84-63(99(27)54-42-71(9,10)93-72(11,12)43-54)89-64(85-59)100(28)55-44-73(13,14)94-74(15,16)45-55/h51-57,91-96H,31-50H2,1-30H3,(H,79,82,83,88)(H,80,84,85,89)(H,81,86,87,90). The molecule has 3 aromatic rings. The molecule has 0 spiro atoms. The number of nitrogens with zero attached hydrogens (tertiary/aromatic N) is 15. The molecule has 1 unspecified atom stereocenters. The molecule has 9 N–H and O–H groups in total. The summed E-state index contributed by atoms with van der Waals surface area (Å²) in [5.41, 5.74) is -0.589. The number of aromatic nitrogens is 9. The van der Waals surface area contributed by atoms with Crippen molar-refractivity contribution >= 4 is 53.5 Å². The van der Waals surface area contributed by atoms with E-state index in [9.17, 15) is 0 Å². The molecule has 0 aromatic carbocycles. The molecule has 102 heavy (non-hydrogen) atoms. The Labute approximate surface area is 618 Å². The van der Waals surface area contributed by atoms with Gasteiger partial charge in [0.05, 0.1) is 0 Å². The van der Waals surface area contributed by atoms with E-state index in [0.717, 1.165) is 116 Å². The molecule has 3 aromatic heterocycles. The second kappa shape index (κ2) is 29.6. The van der Waals surface area contributed by atoms with E-state index in [0.29, 0.717) is 66.6 Å². The first-order chi connectivity index (χ1) is 46.6. The van der Waals surface area contributed by atoms with Gasteiger partial charge >= 0.3 is 0 Å². The summed E-state index contributed by atoms with van der Waals surface area (Å²) in [6.07, 6.45) is 16.4. The lowest BCUT2D eigenvalue weighted by Crippen LogP contribution is -2.62. The highest BCUT2D eigenvalue weighted by atomic mass is 15.4. The average Bonchev–Trinajstić information content (AvgIpc) is 0.796. The van der Waals surface area contributed by atoms with Gasteiger partial charge in [0.2, 0.25) is 53.5 Å². The predicted octanol–water partition coefficient (Wildman–Crippen LogP) is 11.9. The Morgan fingerprint density at radius 1 is 0.265 bits per heavy atom. The first-order valence-electron chi connectivity index (χ1n) is 39.3. The van der Waals surface area contributed by atoms with Crippen LogP contribution in [0.1, 0.15) is 275 Å². The zero-order chi connectivity index (χ0) is 75.6. The summed E-state index contributed by atoms with van der Waals surface area (Å²) < 4.78 is 0. The van der Waals surface area contributed by atoms with Crippen molar-refractivity contribution in [2.24, 2.45) is 5.92 Å². The number of nitrogens with one attached hydrogen (secondary N) is 9. The molecule has 6 aliphatic heterocycles. The van der Waals surface area contributed by atoms with Crippen molar-refractivity contribution in [3.63, 3.8) is 0 Å². The predicted molar refractivity (Wildman–Crippen MR) is 428 cm³/mol. The van der Waals surface area contributed by atoms with E-state index in [1.807, 2.05) is 0 Å². The molecular weight excluding hydrogens is 1270 g/mol. The molecular formula is C78H146N24. The highest BCUT2D eigenvalue weighted by Gasteiger charge is 2.47. The van der Waals surface area contributed by atoms with Crippen LogP contribution in [0.2, 0.25) is 0 Å². The molecule has 24 nitrogen and oxygen atoms in total. The van der Waals surface area contributed by atoms with Crippen LogP contribution in [0.25, 0.3) is 0 Å². The second-order valence-corrected chi connectivity index (χ2v) is 40.9. The molecule has 0 radical (unpaired) electrons. The van der Waals surface area contributed by atoms with Gasteiger partial charge in [-0.2, -0.15) is 44.9 Å². The fourth-order valence-corrected chi connectivity index (χ4v) is 20.4. The summed E-state index contributed by atoms with van der Waals surface area (Å²) in [4.78, 5) is 61.7. The van der Waals surface area contributed by atoms with Crippen LogP contribution in [0.15, 0.2) is 0 Å². The number of piperidine rings is 6. The lowest BCUT2D eigenvalue weighted by Gasteiger charge is -2.49.